The maximum atomic E-state index is 5.64. The molecule has 3 saturated heterocycles. The van der Waals surface area contributed by atoms with Crippen molar-refractivity contribution in [2.45, 2.75) is 19.8 Å². The first-order valence-corrected chi connectivity index (χ1v) is 9.54. The van der Waals surface area contributed by atoms with Gasteiger partial charge >= 0.3 is 0 Å². The largest absolute Gasteiger partial charge is 0.381 e. The van der Waals surface area contributed by atoms with Gasteiger partial charge in [-0.3, -0.25) is 4.99 Å². The van der Waals surface area contributed by atoms with Gasteiger partial charge in [0, 0.05) is 71.4 Å². The van der Waals surface area contributed by atoms with Crippen LogP contribution in [0.5, 0.6) is 0 Å². The predicted molar refractivity (Wildman–Crippen MR) is 114 cm³/mol. The van der Waals surface area contributed by atoms with Gasteiger partial charge in [-0.15, -0.1) is 24.0 Å². The number of likely N-dealkylation sites (tertiary alicyclic amines) is 1. The lowest BCUT2D eigenvalue weighted by Gasteiger charge is -2.34. The molecule has 2 unspecified atom stereocenters. The van der Waals surface area contributed by atoms with Gasteiger partial charge in [0.1, 0.15) is 0 Å². The zero-order chi connectivity index (χ0) is 17.0. The van der Waals surface area contributed by atoms with Crippen molar-refractivity contribution in [3.8, 4) is 0 Å². The van der Waals surface area contributed by atoms with Gasteiger partial charge in [-0.25, -0.2) is 0 Å². The minimum Gasteiger partial charge on any atom is -0.381 e. The molecule has 3 aliphatic heterocycles. The van der Waals surface area contributed by atoms with Crippen molar-refractivity contribution >= 4 is 29.9 Å². The summed E-state index contributed by atoms with van der Waals surface area (Å²) in [6, 6.07) is 0. The van der Waals surface area contributed by atoms with Crippen LogP contribution in [0.25, 0.3) is 0 Å². The van der Waals surface area contributed by atoms with Crippen LogP contribution in [0.1, 0.15) is 19.8 Å². The number of nitrogens with one attached hydrogen (secondary N) is 1. The van der Waals surface area contributed by atoms with E-state index in [-0.39, 0.29) is 24.0 Å². The van der Waals surface area contributed by atoms with Crippen molar-refractivity contribution in [2.75, 3.05) is 79.7 Å². The van der Waals surface area contributed by atoms with Gasteiger partial charge in [0.2, 0.25) is 0 Å². The molecule has 1 N–H and O–H groups in total. The third-order valence-corrected chi connectivity index (χ3v) is 5.91. The lowest BCUT2D eigenvalue weighted by molar-refractivity contribution is 0.139. The van der Waals surface area contributed by atoms with E-state index >= 15 is 0 Å². The van der Waals surface area contributed by atoms with Gasteiger partial charge < -0.3 is 24.8 Å². The zero-order valence-corrected chi connectivity index (χ0v) is 18.5. The molecule has 0 aromatic heterocycles. The van der Waals surface area contributed by atoms with Gasteiger partial charge in [0.05, 0.1) is 6.61 Å². The standard InChI is InChI=1S/C18H35N5O.HI/c1-16(13-22-9-7-21(3)8-10-22)12-20-17(19-2)23-6-4-18(14-23)5-11-24-15-18;/h16H,4-15H2,1-3H3,(H,19,20);1H. The minimum atomic E-state index is 0. The first-order chi connectivity index (χ1) is 11.6. The van der Waals surface area contributed by atoms with Crippen molar-refractivity contribution in [1.82, 2.24) is 20.0 Å². The molecule has 146 valence electrons. The molecule has 0 bridgehead atoms. The number of ether oxygens (including phenoxy) is 1. The fraction of sp³-hybridized carbons (Fsp3) is 0.944. The van der Waals surface area contributed by atoms with Crippen LogP contribution in [0.2, 0.25) is 0 Å². The number of aliphatic imine (C=N–C) groups is 1. The van der Waals surface area contributed by atoms with Crippen LogP contribution < -0.4 is 5.32 Å². The average molecular weight is 465 g/mol. The Kier molecular flexibility index (Phi) is 8.23. The van der Waals surface area contributed by atoms with E-state index in [1.165, 1.54) is 45.6 Å². The van der Waals surface area contributed by atoms with Crippen molar-refractivity contribution in [1.29, 1.82) is 0 Å². The summed E-state index contributed by atoms with van der Waals surface area (Å²) in [7, 11) is 4.12. The summed E-state index contributed by atoms with van der Waals surface area (Å²) in [6.45, 7) is 13.4. The molecule has 3 aliphatic rings. The smallest absolute Gasteiger partial charge is 0.193 e. The molecule has 3 fully saturated rings. The Labute approximate surface area is 170 Å². The molecule has 25 heavy (non-hydrogen) atoms. The SMILES string of the molecule is CN=C(NCC(C)CN1CCN(C)CC1)N1CCC2(CCOC2)C1.I. The van der Waals surface area contributed by atoms with Gasteiger partial charge in [-0.1, -0.05) is 6.92 Å². The predicted octanol–water partition coefficient (Wildman–Crippen LogP) is 1.18. The van der Waals surface area contributed by atoms with E-state index in [9.17, 15) is 0 Å². The molecule has 3 rings (SSSR count). The fourth-order valence-electron chi connectivity index (χ4n) is 4.22. The third-order valence-electron chi connectivity index (χ3n) is 5.91. The quantitative estimate of drug-likeness (QED) is 0.384. The van der Waals surface area contributed by atoms with Gasteiger partial charge in [0.15, 0.2) is 5.96 Å². The van der Waals surface area contributed by atoms with E-state index in [1.54, 1.807) is 0 Å². The van der Waals surface area contributed by atoms with Gasteiger partial charge in [-0.05, 0) is 25.8 Å². The number of halogens is 1. The van der Waals surface area contributed by atoms with Crippen molar-refractivity contribution in [3.63, 3.8) is 0 Å². The molecule has 3 heterocycles. The lowest BCUT2D eigenvalue weighted by Crippen LogP contribution is -2.48. The summed E-state index contributed by atoms with van der Waals surface area (Å²) in [6.07, 6.45) is 2.45. The monoisotopic (exact) mass is 465 g/mol. The number of guanidine groups is 1. The molecule has 0 amide bonds. The lowest BCUT2D eigenvalue weighted by atomic mass is 9.87. The Morgan fingerprint density at radius 2 is 1.96 bits per heavy atom. The number of likely N-dealkylation sites (N-methyl/N-ethyl adjacent to an activating group) is 1. The second kappa shape index (κ2) is 9.71. The highest BCUT2D eigenvalue weighted by atomic mass is 127. The van der Waals surface area contributed by atoms with Crippen molar-refractivity contribution in [2.24, 2.45) is 16.3 Å². The summed E-state index contributed by atoms with van der Waals surface area (Å²) in [5.41, 5.74) is 0.392. The topological polar surface area (TPSA) is 43.3 Å². The molecule has 0 aromatic rings. The maximum Gasteiger partial charge on any atom is 0.193 e. The fourth-order valence-corrected chi connectivity index (χ4v) is 4.22. The van der Waals surface area contributed by atoms with Gasteiger partial charge in [-0.2, -0.15) is 0 Å². The summed E-state index contributed by atoms with van der Waals surface area (Å²) < 4.78 is 5.64. The van der Waals surface area contributed by atoms with E-state index in [0.29, 0.717) is 11.3 Å². The van der Waals surface area contributed by atoms with Crippen molar-refractivity contribution in [3.05, 3.63) is 0 Å². The molecule has 0 aliphatic carbocycles. The number of hydrogen-bond donors (Lipinski definition) is 1. The average Bonchev–Trinajstić information content (AvgIpc) is 3.21. The number of rotatable bonds is 4. The molecular weight excluding hydrogens is 429 g/mol. The second-order valence-corrected chi connectivity index (χ2v) is 8.11. The first-order valence-electron chi connectivity index (χ1n) is 9.54. The molecule has 1 spiro atoms. The molecule has 7 heteroatoms. The molecule has 0 aromatic carbocycles. The van der Waals surface area contributed by atoms with Crippen LogP contribution in [-0.2, 0) is 4.74 Å². The number of nitrogens with zero attached hydrogens (tertiary/aromatic N) is 4. The number of hydrogen-bond acceptors (Lipinski definition) is 4. The second-order valence-electron chi connectivity index (χ2n) is 8.11. The minimum absolute atomic E-state index is 0. The first kappa shape index (κ1) is 21.2. The summed E-state index contributed by atoms with van der Waals surface area (Å²) in [5.74, 6) is 1.71. The van der Waals surface area contributed by atoms with Gasteiger partial charge in [0.25, 0.3) is 0 Å². The molecule has 0 saturated carbocycles. The van der Waals surface area contributed by atoms with Crippen LogP contribution in [0.4, 0.5) is 0 Å². The van der Waals surface area contributed by atoms with E-state index in [0.717, 1.165) is 38.8 Å². The Morgan fingerprint density at radius 3 is 2.60 bits per heavy atom. The third kappa shape index (κ3) is 5.68. The number of piperazine rings is 1. The highest BCUT2D eigenvalue weighted by molar-refractivity contribution is 14.0. The highest BCUT2D eigenvalue weighted by Crippen LogP contribution is 2.38. The van der Waals surface area contributed by atoms with Crippen molar-refractivity contribution < 1.29 is 4.74 Å². The van der Waals surface area contributed by atoms with E-state index < -0.39 is 0 Å². The van der Waals surface area contributed by atoms with E-state index in [2.05, 4.69) is 39.0 Å². The van der Waals surface area contributed by atoms with E-state index in [1.807, 2.05) is 7.05 Å². The Morgan fingerprint density at radius 1 is 1.20 bits per heavy atom. The molecular formula is C18H36IN5O. The van der Waals surface area contributed by atoms with Crippen LogP contribution in [0.15, 0.2) is 4.99 Å². The molecule has 2 atom stereocenters. The Bertz CT molecular complexity index is 433. The zero-order valence-electron chi connectivity index (χ0n) is 16.2. The highest BCUT2D eigenvalue weighted by Gasteiger charge is 2.42. The Hall–Kier alpha value is -0.120. The summed E-state index contributed by atoms with van der Waals surface area (Å²) in [4.78, 5) is 12.0. The van der Waals surface area contributed by atoms with Crippen LogP contribution in [0.3, 0.4) is 0 Å². The molecule has 0 radical (unpaired) electrons. The normalized spacial score (nSPS) is 29.9. The summed E-state index contributed by atoms with van der Waals surface area (Å²) >= 11 is 0. The van der Waals surface area contributed by atoms with E-state index in [4.69, 9.17) is 4.74 Å². The summed E-state index contributed by atoms with van der Waals surface area (Å²) in [5, 5.41) is 3.61. The van der Waals surface area contributed by atoms with Crippen LogP contribution in [0, 0.1) is 11.3 Å². The molecule has 6 nitrogen and oxygen atoms in total. The van der Waals surface area contributed by atoms with Crippen LogP contribution >= 0.6 is 24.0 Å². The maximum absolute atomic E-state index is 5.64. The van der Waals surface area contributed by atoms with Crippen LogP contribution in [-0.4, -0.2) is 100 Å². The Balaban J connectivity index is 0.00000225.